The first-order valence-electron chi connectivity index (χ1n) is 8.13. The Labute approximate surface area is 153 Å². The maximum absolute atomic E-state index is 13.6. The molecule has 0 spiro atoms. The van der Waals surface area contributed by atoms with Gasteiger partial charge in [-0.3, -0.25) is 9.59 Å². The summed E-state index contributed by atoms with van der Waals surface area (Å²) < 4.78 is 50.1. The molecule has 0 N–H and O–H groups in total. The van der Waals surface area contributed by atoms with Crippen LogP contribution < -0.4 is 9.64 Å². The summed E-state index contributed by atoms with van der Waals surface area (Å²) in [5.41, 5.74) is 0.189. The van der Waals surface area contributed by atoms with Gasteiger partial charge in [0.05, 0.1) is 18.6 Å². The van der Waals surface area contributed by atoms with Crippen molar-refractivity contribution >= 4 is 17.6 Å². The molecule has 2 aromatic rings. The average Bonchev–Trinajstić information content (AvgIpc) is 3.02. The fraction of sp³-hybridized carbons (Fsp3) is 0.263. The zero-order chi connectivity index (χ0) is 19.6. The molecular formula is C19H16F3NO4. The van der Waals surface area contributed by atoms with E-state index in [1.54, 1.807) is 12.1 Å². The van der Waals surface area contributed by atoms with Gasteiger partial charge in [0.1, 0.15) is 29.8 Å². The number of methoxy groups -OCH3 is 1. The van der Waals surface area contributed by atoms with Crippen LogP contribution >= 0.6 is 0 Å². The molecule has 8 heteroatoms. The van der Waals surface area contributed by atoms with E-state index in [4.69, 9.17) is 4.74 Å². The number of esters is 1. The molecule has 0 radical (unpaired) electrons. The largest absolute Gasteiger partial charge is 0.489 e. The van der Waals surface area contributed by atoms with Crippen molar-refractivity contribution in [3.63, 3.8) is 0 Å². The number of carbonyl (C=O) groups is 2. The molecule has 0 bridgehead atoms. The molecule has 1 heterocycles. The molecule has 5 nitrogen and oxygen atoms in total. The third kappa shape index (κ3) is 4.05. The van der Waals surface area contributed by atoms with Gasteiger partial charge in [-0.2, -0.15) is 0 Å². The van der Waals surface area contributed by atoms with E-state index in [9.17, 15) is 22.8 Å². The van der Waals surface area contributed by atoms with Crippen molar-refractivity contribution < 1.29 is 32.2 Å². The van der Waals surface area contributed by atoms with E-state index in [2.05, 4.69) is 4.74 Å². The highest BCUT2D eigenvalue weighted by Gasteiger charge is 2.35. The number of carbonyl (C=O) groups excluding carboxylic acids is 2. The van der Waals surface area contributed by atoms with Gasteiger partial charge >= 0.3 is 5.97 Å². The topological polar surface area (TPSA) is 55.8 Å². The summed E-state index contributed by atoms with van der Waals surface area (Å²) in [5, 5.41) is 0. The first-order valence-corrected chi connectivity index (χ1v) is 8.13. The number of ether oxygens (including phenoxy) is 2. The molecule has 3 rings (SSSR count). The van der Waals surface area contributed by atoms with Gasteiger partial charge in [-0.1, -0.05) is 0 Å². The Morgan fingerprint density at radius 1 is 1.15 bits per heavy atom. The zero-order valence-electron chi connectivity index (χ0n) is 14.4. The molecule has 2 aromatic carbocycles. The minimum atomic E-state index is -1.03. The number of rotatable bonds is 5. The maximum Gasteiger partial charge on any atom is 0.311 e. The molecule has 142 valence electrons. The lowest BCUT2D eigenvalue weighted by Crippen LogP contribution is -2.26. The second kappa shape index (κ2) is 7.69. The number of amides is 1. The zero-order valence-corrected chi connectivity index (χ0v) is 14.4. The molecule has 27 heavy (non-hydrogen) atoms. The van der Waals surface area contributed by atoms with Crippen LogP contribution in [-0.2, 0) is 20.9 Å². The van der Waals surface area contributed by atoms with Crippen molar-refractivity contribution in [2.75, 3.05) is 18.6 Å². The second-order valence-electron chi connectivity index (χ2n) is 6.06. The van der Waals surface area contributed by atoms with E-state index in [0.29, 0.717) is 23.6 Å². The minimum Gasteiger partial charge on any atom is -0.489 e. The predicted molar refractivity (Wildman–Crippen MR) is 89.6 cm³/mol. The Morgan fingerprint density at radius 3 is 2.37 bits per heavy atom. The summed E-state index contributed by atoms with van der Waals surface area (Å²) in [4.78, 5) is 25.1. The maximum atomic E-state index is 13.6. The molecule has 1 amide bonds. The molecule has 0 aliphatic carbocycles. The Hall–Kier alpha value is -3.03. The molecule has 0 aromatic heterocycles. The third-order valence-corrected chi connectivity index (χ3v) is 4.30. The molecule has 1 saturated heterocycles. The summed E-state index contributed by atoms with van der Waals surface area (Å²) in [6.07, 6.45) is 0.0774. The van der Waals surface area contributed by atoms with E-state index in [1.165, 1.54) is 24.1 Å². The highest BCUT2D eigenvalue weighted by atomic mass is 19.1. The molecule has 1 fully saturated rings. The lowest BCUT2D eigenvalue weighted by molar-refractivity contribution is -0.145. The van der Waals surface area contributed by atoms with Crippen LogP contribution in [0, 0.1) is 23.4 Å². The summed E-state index contributed by atoms with van der Waals surface area (Å²) >= 11 is 0. The van der Waals surface area contributed by atoms with Crippen LogP contribution in [0.5, 0.6) is 5.75 Å². The van der Waals surface area contributed by atoms with Gasteiger partial charge in [-0.05, 0) is 24.3 Å². The van der Waals surface area contributed by atoms with E-state index in [1.807, 2.05) is 0 Å². The van der Waals surface area contributed by atoms with Crippen LogP contribution in [0.2, 0.25) is 0 Å². The van der Waals surface area contributed by atoms with Crippen LogP contribution in [-0.4, -0.2) is 25.5 Å². The van der Waals surface area contributed by atoms with Crippen LogP contribution in [0.3, 0.4) is 0 Å². The summed E-state index contributed by atoms with van der Waals surface area (Å²) in [6, 6.07) is 7.44. The van der Waals surface area contributed by atoms with E-state index < -0.39 is 35.9 Å². The van der Waals surface area contributed by atoms with Crippen LogP contribution in [0.4, 0.5) is 18.9 Å². The standard InChI is InChI=1S/C19H16F3NO4/c1-26-19(25)11-6-18(24)23(9-11)13-2-4-14(5-3-13)27-10-15-16(21)7-12(20)8-17(15)22/h2-5,7-8,11H,6,9-10H2,1H3/t11-/m1/s1. The number of nitrogens with zero attached hydrogens (tertiary/aromatic N) is 1. The van der Waals surface area contributed by atoms with Gasteiger partial charge in [-0.15, -0.1) is 0 Å². The van der Waals surface area contributed by atoms with Gasteiger partial charge in [0.2, 0.25) is 5.91 Å². The highest BCUT2D eigenvalue weighted by Crippen LogP contribution is 2.28. The van der Waals surface area contributed by atoms with Crippen molar-refractivity contribution in [3.8, 4) is 5.75 Å². The highest BCUT2D eigenvalue weighted by molar-refractivity contribution is 5.99. The minimum absolute atomic E-state index is 0.0774. The fourth-order valence-electron chi connectivity index (χ4n) is 2.87. The van der Waals surface area contributed by atoms with Gasteiger partial charge < -0.3 is 14.4 Å². The van der Waals surface area contributed by atoms with Crippen LogP contribution in [0.15, 0.2) is 36.4 Å². The van der Waals surface area contributed by atoms with Crippen molar-refractivity contribution in [2.45, 2.75) is 13.0 Å². The number of hydrogen-bond donors (Lipinski definition) is 0. The van der Waals surface area contributed by atoms with E-state index >= 15 is 0 Å². The molecule has 1 atom stereocenters. The average molecular weight is 379 g/mol. The van der Waals surface area contributed by atoms with E-state index in [0.717, 1.165) is 0 Å². The quantitative estimate of drug-likeness (QED) is 0.749. The van der Waals surface area contributed by atoms with Crippen LogP contribution in [0.25, 0.3) is 0 Å². The summed E-state index contributed by atoms with van der Waals surface area (Å²) in [5.74, 6) is -3.88. The molecular weight excluding hydrogens is 363 g/mol. The van der Waals surface area contributed by atoms with Crippen molar-refractivity contribution in [2.24, 2.45) is 5.92 Å². The smallest absolute Gasteiger partial charge is 0.311 e. The van der Waals surface area contributed by atoms with Gasteiger partial charge in [0.25, 0.3) is 0 Å². The third-order valence-electron chi connectivity index (χ3n) is 4.30. The monoisotopic (exact) mass is 379 g/mol. The van der Waals surface area contributed by atoms with E-state index in [-0.39, 0.29) is 24.4 Å². The normalized spacial score (nSPS) is 16.5. The van der Waals surface area contributed by atoms with Gasteiger partial charge in [0.15, 0.2) is 0 Å². The van der Waals surface area contributed by atoms with Crippen molar-refractivity contribution in [3.05, 3.63) is 59.4 Å². The Bertz CT molecular complexity index is 847. The molecule has 0 unspecified atom stereocenters. The first kappa shape index (κ1) is 18.8. The number of benzene rings is 2. The van der Waals surface area contributed by atoms with Crippen molar-refractivity contribution in [1.82, 2.24) is 0 Å². The SMILES string of the molecule is COC(=O)[C@@H]1CC(=O)N(c2ccc(OCc3c(F)cc(F)cc3F)cc2)C1. The van der Waals surface area contributed by atoms with Gasteiger partial charge in [-0.25, -0.2) is 13.2 Å². The summed E-state index contributed by atoms with van der Waals surface area (Å²) in [7, 11) is 1.27. The lowest BCUT2D eigenvalue weighted by Gasteiger charge is -2.17. The number of hydrogen-bond acceptors (Lipinski definition) is 4. The summed E-state index contributed by atoms with van der Waals surface area (Å²) in [6.45, 7) is -0.192. The second-order valence-corrected chi connectivity index (χ2v) is 6.06. The Morgan fingerprint density at radius 2 is 1.78 bits per heavy atom. The molecule has 1 aliphatic heterocycles. The predicted octanol–water partition coefficient (Wildman–Crippen LogP) is 3.21. The number of anilines is 1. The fourth-order valence-corrected chi connectivity index (χ4v) is 2.87. The Kier molecular flexibility index (Phi) is 5.34. The first-order chi connectivity index (χ1) is 12.9. The Balaban J connectivity index is 1.66. The lowest BCUT2D eigenvalue weighted by atomic mass is 10.1. The van der Waals surface area contributed by atoms with Gasteiger partial charge in [0, 0.05) is 30.8 Å². The van der Waals surface area contributed by atoms with Crippen LogP contribution in [0.1, 0.15) is 12.0 Å². The number of halogens is 3. The molecule has 1 aliphatic rings. The van der Waals surface area contributed by atoms with Crippen molar-refractivity contribution in [1.29, 1.82) is 0 Å². The molecule has 0 saturated carbocycles.